The average Bonchev–Trinajstić information content (AvgIpc) is 2.74. The van der Waals surface area contributed by atoms with Gasteiger partial charge in [0, 0.05) is 6.42 Å². The van der Waals surface area contributed by atoms with E-state index in [1.807, 2.05) is 0 Å². The standard InChI is InChI=1S/C25H41NO5/c1-4-6-8-10-11-12-13-14-16-21(30-24(28)20(3)26-19-27)18-23-22(25(29)31-23)17-15-9-7-5-2/h8,10,12-13,19-23H,4-7,9,11,14-18H2,1-3H3,(H,26,27)/b10-8+,13-12+/t20-,21?,22-,23?/m0/s1. The highest BCUT2D eigenvalue weighted by atomic mass is 16.6. The van der Waals surface area contributed by atoms with Crippen LogP contribution < -0.4 is 5.32 Å². The van der Waals surface area contributed by atoms with Gasteiger partial charge in [-0.2, -0.15) is 0 Å². The molecule has 1 aliphatic rings. The monoisotopic (exact) mass is 435 g/mol. The van der Waals surface area contributed by atoms with Crippen LogP contribution in [0.3, 0.4) is 0 Å². The summed E-state index contributed by atoms with van der Waals surface area (Å²) in [6.07, 6.45) is 18.9. The van der Waals surface area contributed by atoms with Crippen LogP contribution in [0.15, 0.2) is 24.3 Å². The number of allylic oxidation sites excluding steroid dienone is 4. The normalized spacial score (nSPS) is 20.3. The molecule has 2 unspecified atom stereocenters. The quantitative estimate of drug-likeness (QED) is 0.141. The van der Waals surface area contributed by atoms with E-state index in [-0.39, 0.29) is 24.1 Å². The van der Waals surface area contributed by atoms with Crippen LogP contribution in [-0.2, 0) is 23.9 Å². The Morgan fingerprint density at radius 1 is 1.10 bits per heavy atom. The van der Waals surface area contributed by atoms with Crippen molar-refractivity contribution in [3.63, 3.8) is 0 Å². The summed E-state index contributed by atoms with van der Waals surface area (Å²) in [5, 5.41) is 2.43. The van der Waals surface area contributed by atoms with Gasteiger partial charge >= 0.3 is 11.9 Å². The number of unbranched alkanes of at least 4 members (excludes halogenated alkanes) is 4. The Kier molecular flexibility index (Phi) is 14.4. The van der Waals surface area contributed by atoms with E-state index in [9.17, 15) is 14.4 Å². The fraction of sp³-hybridized carbons (Fsp3) is 0.720. The van der Waals surface area contributed by atoms with Crippen molar-refractivity contribution < 1.29 is 23.9 Å². The summed E-state index contributed by atoms with van der Waals surface area (Å²) in [7, 11) is 0. The number of esters is 2. The first-order valence-electron chi connectivity index (χ1n) is 11.9. The first-order chi connectivity index (χ1) is 15.0. The van der Waals surface area contributed by atoms with Gasteiger partial charge in [-0.3, -0.25) is 9.59 Å². The van der Waals surface area contributed by atoms with E-state index in [4.69, 9.17) is 9.47 Å². The molecule has 1 heterocycles. The maximum Gasteiger partial charge on any atom is 0.328 e. The van der Waals surface area contributed by atoms with Crippen molar-refractivity contribution >= 4 is 18.3 Å². The van der Waals surface area contributed by atoms with Gasteiger partial charge in [-0.1, -0.05) is 70.3 Å². The molecular weight excluding hydrogens is 394 g/mol. The van der Waals surface area contributed by atoms with Crippen molar-refractivity contribution in [1.29, 1.82) is 0 Å². The third-order valence-electron chi connectivity index (χ3n) is 5.55. The molecule has 1 rings (SSSR count). The molecule has 0 aliphatic carbocycles. The van der Waals surface area contributed by atoms with Crippen molar-refractivity contribution in [3.8, 4) is 0 Å². The fourth-order valence-corrected chi connectivity index (χ4v) is 3.58. The van der Waals surface area contributed by atoms with Gasteiger partial charge in [0.1, 0.15) is 18.2 Å². The lowest BCUT2D eigenvalue weighted by Gasteiger charge is -2.37. The van der Waals surface area contributed by atoms with Crippen molar-refractivity contribution in [2.75, 3.05) is 0 Å². The number of carbonyl (C=O) groups is 3. The molecule has 6 nitrogen and oxygen atoms in total. The molecule has 1 aliphatic heterocycles. The highest BCUT2D eigenvalue weighted by Crippen LogP contribution is 2.32. The lowest BCUT2D eigenvalue weighted by Crippen LogP contribution is -2.47. The molecule has 1 N–H and O–H groups in total. The summed E-state index contributed by atoms with van der Waals surface area (Å²) < 4.78 is 11.0. The van der Waals surface area contributed by atoms with Gasteiger partial charge in [0.25, 0.3) is 0 Å². The molecule has 0 aromatic heterocycles. The van der Waals surface area contributed by atoms with Crippen LogP contribution in [0.5, 0.6) is 0 Å². The summed E-state index contributed by atoms with van der Waals surface area (Å²) in [6.45, 7) is 5.91. The predicted molar refractivity (Wildman–Crippen MR) is 122 cm³/mol. The molecule has 0 bridgehead atoms. The van der Waals surface area contributed by atoms with Crippen molar-refractivity contribution in [2.24, 2.45) is 5.92 Å². The Labute approximate surface area is 187 Å². The minimum absolute atomic E-state index is 0.0946. The molecule has 1 fully saturated rings. The largest absolute Gasteiger partial charge is 0.461 e. The van der Waals surface area contributed by atoms with Crippen LogP contribution in [0.4, 0.5) is 0 Å². The molecule has 6 heteroatoms. The van der Waals surface area contributed by atoms with E-state index in [1.165, 1.54) is 6.42 Å². The first kappa shape index (κ1) is 26.9. The molecule has 1 saturated heterocycles. The number of cyclic esters (lactones) is 1. The third-order valence-corrected chi connectivity index (χ3v) is 5.55. The maximum atomic E-state index is 12.3. The van der Waals surface area contributed by atoms with Crippen molar-refractivity contribution in [2.45, 2.75) is 110 Å². The van der Waals surface area contributed by atoms with Crippen molar-refractivity contribution in [3.05, 3.63) is 24.3 Å². The van der Waals surface area contributed by atoms with Crippen LogP contribution >= 0.6 is 0 Å². The maximum absolute atomic E-state index is 12.3. The summed E-state index contributed by atoms with van der Waals surface area (Å²) in [4.78, 5) is 34.8. The van der Waals surface area contributed by atoms with Crippen LogP contribution in [0.25, 0.3) is 0 Å². The third kappa shape index (κ3) is 11.2. The SMILES string of the molecule is CCC/C=C/C/C=C/CCC(CC1OC(=O)[C@H]1CCCCCC)OC(=O)[C@H](C)NC=O. The van der Waals surface area contributed by atoms with E-state index >= 15 is 0 Å². The zero-order chi connectivity index (χ0) is 22.9. The molecular formula is C25H41NO5. The minimum Gasteiger partial charge on any atom is -0.461 e. The van der Waals surface area contributed by atoms with Crippen molar-refractivity contribution in [1.82, 2.24) is 5.32 Å². The summed E-state index contributed by atoms with van der Waals surface area (Å²) in [6, 6.07) is -0.701. The fourth-order valence-electron chi connectivity index (χ4n) is 3.58. The zero-order valence-electron chi connectivity index (χ0n) is 19.5. The number of nitrogens with one attached hydrogen (secondary N) is 1. The van der Waals surface area contributed by atoms with Crippen LogP contribution in [0, 0.1) is 5.92 Å². The number of hydrogen-bond donors (Lipinski definition) is 1. The zero-order valence-corrected chi connectivity index (χ0v) is 19.5. The van der Waals surface area contributed by atoms with E-state index in [2.05, 4.69) is 43.5 Å². The molecule has 0 aromatic rings. The van der Waals surface area contributed by atoms with Gasteiger partial charge in [0.05, 0.1) is 5.92 Å². The number of ether oxygens (including phenoxy) is 2. The van der Waals surface area contributed by atoms with Gasteiger partial charge in [0.2, 0.25) is 6.41 Å². The molecule has 1 amide bonds. The van der Waals surface area contributed by atoms with Gasteiger partial charge in [0.15, 0.2) is 0 Å². The smallest absolute Gasteiger partial charge is 0.328 e. The minimum atomic E-state index is -0.701. The molecule has 176 valence electrons. The van der Waals surface area contributed by atoms with Crippen LogP contribution in [0.1, 0.15) is 91.4 Å². The molecule has 0 saturated carbocycles. The summed E-state index contributed by atoms with van der Waals surface area (Å²) in [5.74, 6) is -0.696. The second-order valence-electron chi connectivity index (χ2n) is 8.28. The van der Waals surface area contributed by atoms with Gasteiger partial charge < -0.3 is 14.8 Å². The Morgan fingerprint density at radius 3 is 2.48 bits per heavy atom. The van der Waals surface area contributed by atoms with E-state index < -0.39 is 12.0 Å². The van der Waals surface area contributed by atoms with E-state index in [0.29, 0.717) is 19.3 Å². The van der Waals surface area contributed by atoms with E-state index in [0.717, 1.165) is 51.4 Å². The Bertz CT molecular complexity index is 586. The Hall–Kier alpha value is -2.11. The second kappa shape index (κ2) is 16.6. The Morgan fingerprint density at radius 2 is 1.84 bits per heavy atom. The molecule has 4 atom stereocenters. The van der Waals surface area contributed by atoms with E-state index in [1.54, 1.807) is 6.92 Å². The van der Waals surface area contributed by atoms with Crippen LogP contribution in [0.2, 0.25) is 0 Å². The Balaban J connectivity index is 2.56. The highest BCUT2D eigenvalue weighted by molar-refractivity contribution is 5.79. The first-order valence-corrected chi connectivity index (χ1v) is 11.9. The molecule has 0 radical (unpaired) electrons. The van der Waals surface area contributed by atoms with Gasteiger partial charge in [-0.15, -0.1) is 0 Å². The topological polar surface area (TPSA) is 81.7 Å². The average molecular weight is 436 g/mol. The van der Waals surface area contributed by atoms with Crippen LogP contribution in [-0.4, -0.2) is 36.6 Å². The lowest BCUT2D eigenvalue weighted by molar-refractivity contribution is -0.190. The molecule has 0 spiro atoms. The highest BCUT2D eigenvalue weighted by Gasteiger charge is 2.43. The van der Waals surface area contributed by atoms with Gasteiger partial charge in [-0.25, -0.2) is 4.79 Å². The van der Waals surface area contributed by atoms with Gasteiger partial charge in [-0.05, 0) is 39.0 Å². The predicted octanol–water partition coefficient (Wildman–Crippen LogP) is 5.02. The number of amides is 1. The number of carbonyl (C=O) groups excluding carboxylic acids is 3. The number of rotatable bonds is 18. The number of hydrogen-bond acceptors (Lipinski definition) is 5. The lowest BCUT2D eigenvalue weighted by atomic mass is 9.86. The summed E-state index contributed by atoms with van der Waals surface area (Å²) >= 11 is 0. The molecule has 31 heavy (non-hydrogen) atoms. The summed E-state index contributed by atoms with van der Waals surface area (Å²) in [5.41, 5.74) is 0. The second-order valence-corrected chi connectivity index (χ2v) is 8.28. The molecule has 0 aromatic carbocycles.